The minimum atomic E-state index is 0. The van der Waals surface area contributed by atoms with Crippen LogP contribution in [0.5, 0.6) is 0 Å². The Morgan fingerprint density at radius 3 is 0.909 bits per heavy atom. The van der Waals surface area contributed by atoms with Gasteiger partial charge in [0, 0.05) is 0 Å². The minimum absolute atomic E-state index is 0. The molecule has 72 valence electrons. The van der Waals surface area contributed by atoms with E-state index in [0.29, 0.717) is 0 Å². The Balaban J connectivity index is -0.000000320. The van der Waals surface area contributed by atoms with Crippen LogP contribution in [0.3, 0.4) is 0 Å². The van der Waals surface area contributed by atoms with Crippen LogP contribution < -0.4 is 6.15 Å². The molecule has 0 aromatic carbocycles. The van der Waals surface area contributed by atoms with Crippen LogP contribution in [0.4, 0.5) is 0 Å². The lowest BCUT2D eigenvalue weighted by molar-refractivity contribution is -0.921. The smallest absolute Gasteiger partial charge is 0.0757 e. The van der Waals surface area contributed by atoms with Crippen LogP contribution in [-0.2, 0) is 0 Å². The van der Waals surface area contributed by atoms with E-state index in [1.807, 2.05) is 0 Å². The number of hydrogen-bond donors (Lipinski definition) is 1. The quantitative estimate of drug-likeness (QED) is 0.644. The van der Waals surface area contributed by atoms with Gasteiger partial charge in [-0.3, -0.25) is 0 Å². The first-order valence-corrected chi connectivity index (χ1v) is 4.09. The molecule has 0 unspecified atom stereocenters. The third kappa shape index (κ3) is 4.35. The van der Waals surface area contributed by atoms with Crippen molar-refractivity contribution >= 4 is 0 Å². The van der Waals surface area contributed by atoms with E-state index in [4.69, 9.17) is 0 Å². The van der Waals surface area contributed by atoms with Gasteiger partial charge in [-0.15, -0.1) is 0 Å². The van der Waals surface area contributed by atoms with E-state index >= 15 is 0 Å². The van der Waals surface area contributed by atoms with Gasteiger partial charge in [-0.25, -0.2) is 0 Å². The van der Waals surface area contributed by atoms with Crippen molar-refractivity contribution in [1.29, 1.82) is 0 Å². The van der Waals surface area contributed by atoms with Crippen LogP contribution >= 0.6 is 0 Å². The zero-order valence-electron chi connectivity index (χ0n) is 8.43. The van der Waals surface area contributed by atoms with Crippen LogP contribution in [0.1, 0.15) is 27.7 Å². The molecule has 0 saturated carbocycles. The SMILES string of the molecule is CC[N+](CC)(CC)CC.N.[OH-]. The molecule has 0 rings (SSSR count). The second-order valence-electron chi connectivity index (χ2n) is 2.61. The molecular weight excluding hydrogens is 140 g/mol. The van der Waals surface area contributed by atoms with Gasteiger partial charge in [0.1, 0.15) is 0 Å². The first-order chi connectivity index (χ1) is 4.24. The molecule has 0 saturated heterocycles. The zero-order valence-corrected chi connectivity index (χ0v) is 8.43. The molecule has 0 atom stereocenters. The Morgan fingerprint density at radius 1 is 0.727 bits per heavy atom. The van der Waals surface area contributed by atoms with Crippen LogP contribution in [0.25, 0.3) is 0 Å². The van der Waals surface area contributed by atoms with Gasteiger partial charge >= 0.3 is 0 Å². The van der Waals surface area contributed by atoms with Crippen molar-refractivity contribution in [3.05, 3.63) is 0 Å². The largest absolute Gasteiger partial charge is 0.870 e. The summed E-state index contributed by atoms with van der Waals surface area (Å²) in [6, 6.07) is 0. The molecule has 0 spiro atoms. The summed E-state index contributed by atoms with van der Waals surface area (Å²) < 4.78 is 1.28. The van der Waals surface area contributed by atoms with E-state index in [-0.39, 0.29) is 11.6 Å². The summed E-state index contributed by atoms with van der Waals surface area (Å²) in [6.45, 7) is 14.2. The van der Waals surface area contributed by atoms with E-state index in [1.165, 1.54) is 30.7 Å². The number of nitrogens with zero attached hydrogens (tertiary/aromatic N) is 1. The highest BCUT2D eigenvalue weighted by atomic mass is 16.0. The maximum Gasteiger partial charge on any atom is 0.0757 e. The normalized spacial score (nSPS) is 9.82. The fourth-order valence-corrected chi connectivity index (χ4v) is 1.34. The molecule has 0 aliphatic rings. The van der Waals surface area contributed by atoms with Crippen molar-refractivity contribution in [1.82, 2.24) is 6.15 Å². The molecule has 0 heterocycles. The third-order valence-corrected chi connectivity index (χ3v) is 2.68. The molecule has 0 aromatic heterocycles. The molecule has 0 radical (unpaired) electrons. The highest BCUT2D eigenvalue weighted by Crippen LogP contribution is 2.03. The summed E-state index contributed by atoms with van der Waals surface area (Å²) in [5.74, 6) is 0. The van der Waals surface area contributed by atoms with Crippen molar-refractivity contribution < 1.29 is 9.96 Å². The fourth-order valence-electron chi connectivity index (χ4n) is 1.34. The molecule has 0 aliphatic carbocycles. The molecule has 0 aromatic rings. The van der Waals surface area contributed by atoms with Gasteiger partial charge in [0.05, 0.1) is 26.2 Å². The number of hydrogen-bond acceptors (Lipinski definition) is 2. The molecule has 3 nitrogen and oxygen atoms in total. The summed E-state index contributed by atoms with van der Waals surface area (Å²) in [5.41, 5.74) is 0. The maximum absolute atomic E-state index is 2.27. The molecule has 4 N–H and O–H groups in total. The zero-order chi connectivity index (χ0) is 7.33. The van der Waals surface area contributed by atoms with Crippen LogP contribution in [0.15, 0.2) is 0 Å². The fraction of sp³-hybridized carbons (Fsp3) is 1.00. The predicted octanol–water partition coefficient (Wildman–Crippen LogP) is 1.87. The van der Waals surface area contributed by atoms with Crippen LogP contribution in [0.2, 0.25) is 0 Å². The predicted molar refractivity (Wildman–Crippen MR) is 49.4 cm³/mol. The standard InChI is InChI=1S/C8H20N.H3N.H2O/c1-5-9(6-2,7-3)8-4;;/h5-8H2,1-4H3;1H3;1H2/q+1;;/p-1. The first-order valence-electron chi connectivity index (χ1n) is 4.09. The van der Waals surface area contributed by atoms with Crippen molar-refractivity contribution in [3.8, 4) is 0 Å². The van der Waals surface area contributed by atoms with Gasteiger partial charge < -0.3 is 16.1 Å². The van der Waals surface area contributed by atoms with Gasteiger partial charge in [-0.1, -0.05) is 0 Å². The lowest BCUT2D eigenvalue weighted by atomic mass is 10.3. The van der Waals surface area contributed by atoms with Crippen molar-refractivity contribution in [2.75, 3.05) is 26.2 Å². The maximum atomic E-state index is 2.27. The Morgan fingerprint density at radius 2 is 0.909 bits per heavy atom. The van der Waals surface area contributed by atoms with Crippen molar-refractivity contribution in [2.24, 2.45) is 0 Å². The Bertz CT molecular complexity index is 55.0. The second-order valence-corrected chi connectivity index (χ2v) is 2.61. The van der Waals surface area contributed by atoms with Gasteiger partial charge in [0.25, 0.3) is 0 Å². The Labute approximate surface area is 70.9 Å². The topological polar surface area (TPSA) is 65.0 Å². The van der Waals surface area contributed by atoms with Gasteiger partial charge in [-0.2, -0.15) is 0 Å². The van der Waals surface area contributed by atoms with E-state index in [2.05, 4.69) is 27.7 Å². The molecule has 0 bridgehead atoms. The van der Waals surface area contributed by atoms with E-state index in [1.54, 1.807) is 0 Å². The number of quaternary nitrogens is 1. The Kier molecular flexibility index (Phi) is 12.4. The first kappa shape index (κ1) is 17.1. The molecule has 0 fully saturated rings. The molecule has 0 amide bonds. The molecule has 0 aliphatic heterocycles. The van der Waals surface area contributed by atoms with E-state index < -0.39 is 0 Å². The highest BCUT2D eigenvalue weighted by Gasteiger charge is 2.16. The highest BCUT2D eigenvalue weighted by molar-refractivity contribution is 4.31. The van der Waals surface area contributed by atoms with Crippen molar-refractivity contribution in [3.63, 3.8) is 0 Å². The van der Waals surface area contributed by atoms with E-state index in [0.717, 1.165) is 0 Å². The summed E-state index contributed by atoms with van der Waals surface area (Å²) in [6.07, 6.45) is 0. The average molecular weight is 164 g/mol. The third-order valence-electron chi connectivity index (χ3n) is 2.68. The van der Waals surface area contributed by atoms with Crippen molar-refractivity contribution in [2.45, 2.75) is 27.7 Å². The van der Waals surface area contributed by atoms with Crippen LogP contribution in [0, 0.1) is 0 Å². The van der Waals surface area contributed by atoms with Gasteiger partial charge in [-0.05, 0) is 27.7 Å². The monoisotopic (exact) mass is 164 g/mol. The molecule has 11 heavy (non-hydrogen) atoms. The number of rotatable bonds is 4. The van der Waals surface area contributed by atoms with Crippen LogP contribution in [-0.4, -0.2) is 36.1 Å². The van der Waals surface area contributed by atoms with Gasteiger partial charge in [0.15, 0.2) is 0 Å². The summed E-state index contributed by atoms with van der Waals surface area (Å²) >= 11 is 0. The summed E-state index contributed by atoms with van der Waals surface area (Å²) in [5, 5.41) is 0. The summed E-state index contributed by atoms with van der Waals surface area (Å²) in [4.78, 5) is 0. The minimum Gasteiger partial charge on any atom is -0.870 e. The molecular formula is C8H24N2O. The van der Waals surface area contributed by atoms with E-state index in [9.17, 15) is 0 Å². The molecule has 3 heteroatoms. The average Bonchev–Trinajstić information content (AvgIpc) is 1.95. The van der Waals surface area contributed by atoms with Gasteiger partial charge in [0.2, 0.25) is 0 Å². The lowest BCUT2D eigenvalue weighted by Crippen LogP contribution is -2.47. The summed E-state index contributed by atoms with van der Waals surface area (Å²) in [7, 11) is 0. The lowest BCUT2D eigenvalue weighted by Gasteiger charge is -2.34. The Hall–Kier alpha value is -0.120. The second kappa shape index (κ2) is 7.98.